The van der Waals surface area contributed by atoms with Gasteiger partial charge < -0.3 is 15.0 Å². The van der Waals surface area contributed by atoms with Gasteiger partial charge >= 0.3 is 0 Å². The smallest absolute Gasteiger partial charge is 0.224 e. The number of hydrogen-bond acceptors (Lipinski definition) is 7. The van der Waals surface area contributed by atoms with Crippen LogP contribution in [0.5, 0.6) is 5.75 Å². The maximum atomic E-state index is 13.0. The summed E-state index contributed by atoms with van der Waals surface area (Å²) in [5.41, 5.74) is 3.15. The minimum Gasteiger partial charge on any atom is -0.495 e. The van der Waals surface area contributed by atoms with E-state index in [-0.39, 0.29) is 5.91 Å². The van der Waals surface area contributed by atoms with Gasteiger partial charge in [0.25, 0.3) is 0 Å². The summed E-state index contributed by atoms with van der Waals surface area (Å²) in [5.74, 6) is 1.46. The van der Waals surface area contributed by atoms with Gasteiger partial charge in [-0.25, -0.2) is 0 Å². The van der Waals surface area contributed by atoms with Gasteiger partial charge in [0.05, 0.1) is 18.5 Å². The first kappa shape index (κ1) is 28.5. The van der Waals surface area contributed by atoms with Gasteiger partial charge in [-0.1, -0.05) is 18.2 Å². The van der Waals surface area contributed by atoms with Crippen LogP contribution in [0, 0.1) is 5.92 Å². The van der Waals surface area contributed by atoms with E-state index < -0.39 is 0 Å². The molecule has 2 saturated heterocycles. The lowest BCUT2D eigenvalue weighted by Gasteiger charge is -2.47. The van der Waals surface area contributed by atoms with Crippen LogP contribution in [0.25, 0.3) is 0 Å². The van der Waals surface area contributed by atoms with Gasteiger partial charge in [-0.15, -0.1) is 11.8 Å². The molecule has 3 aromatic rings. The number of carbonyl (C=O) groups is 1. The van der Waals surface area contributed by atoms with E-state index in [1.807, 2.05) is 36.5 Å². The maximum absolute atomic E-state index is 13.0. The van der Waals surface area contributed by atoms with Gasteiger partial charge in [-0.2, -0.15) is 0 Å². The molecule has 1 amide bonds. The first-order valence-corrected chi connectivity index (χ1v) is 15.5. The summed E-state index contributed by atoms with van der Waals surface area (Å²) < 4.78 is 5.62. The number of piperazine rings is 1. The van der Waals surface area contributed by atoms with Gasteiger partial charge in [0.1, 0.15) is 5.75 Å². The lowest BCUT2D eigenvalue weighted by molar-refractivity contribution is -0.116. The molecular formula is C32H41N5O2S. The molecule has 212 valence electrons. The third-order valence-electron chi connectivity index (χ3n) is 8.21. The van der Waals surface area contributed by atoms with Crippen molar-refractivity contribution in [3.8, 4) is 5.75 Å². The molecule has 40 heavy (non-hydrogen) atoms. The SMILES string of the molecule is COc1ccccc1N1CCN([C@@H]2CCN(Cc3ccccn3)C[C@@H]2CCC(=O)Nc2ccc(SC)cc2)CC1. The number of para-hydroxylation sites is 2. The molecule has 3 heterocycles. The average molecular weight is 560 g/mol. The number of pyridine rings is 1. The van der Waals surface area contributed by atoms with Gasteiger partial charge in [0.2, 0.25) is 5.91 Å². The Morgan fingerprint density at radius 3 is 2.50 bits per heavy atom. The first-order chi connectivity index (χ1) is 19.6. The lowest BCUT2D eigenvalue weighted by Crippen LogP contribution is -2.56. The highest BCUT2D eigenvalue weighted by Crippen LogP contribution is 2.32. The molecule has 5 rings (SSSR count). The fraction of sp³-hybridized carbons (Fsp3) is 0.438. The van der Waals surface area contributed by atoms with Crippen molar-refractivity contribution in [3.05, 3.63) is 78.6 Å². The maximum Gasteiger partial charge on any atom is 0.224 e. The number of likely N-dealkylation sites (tertiary alicyclic amines) is 1. The van der Waals surface area contributed by atoms with E-state index >= 15 is 0 Å². The number of rotatable bonds is 10. The largest absolute Gasteiger partial charge is 0.495 e. The second kappa shape index (κ2) is 14.0. The van der Waals surface area contributed by atoms with Crippen molar-refractivity contribution in [1.82, 2.24) is 14.8 Å². The molecule has 1 N–H and O–H groups in total. The molecule has 0 bridgehead atoms. The molecular weight excluding hydrogens is 518 g/mol. The molecule has 0 radical (unpaired) electrons. The topological polar surface area (TPSA) is 60.9 Å². The Morgan fingerprint density at radius 1 is 1.00 bits per heavy atom. The van der Waals surface area contributed by atoms with E-state index in [2.05, 4.69) is 67.7 Å². The van der Waals surface area contributed by atoms with E-state index in [1.54, 1.807) is 18.9 Å². The summed E-state index contributed by atoms with van der Waals surface area (Å²) in [4.78, 5) is 26.3. The molecule has 0 aliphatic carbocycles. The number of benzene rings is 2. The molecule has 2 aliphatic heterocycles. The summed E-state index contributed by atoms with van der Waals surface area (Å²) in [6.45, 7) is 6.91. The van der Waals surface area contributed by atoms with Gasteiger partial charge in [-0.3, -0.25) is 19.6 Å². The number of aromatic nitrogens is 1. The molecule has 1 aromatic heterocycles. The molecule has 2 aliphatic rings. The van der Waals surface area contributed by atoms with Crippen LogP contribution >= 0.6 is 11.8 Å². The second-order valence-electron chi connectivity index (χ2n) is 10.7. The highest BCUT2D eigenvalue weighted by atomic mass is 32.2. The zero-order valence-corrected chi connectivity index (χ0v) is 24.5. The van der Waals surface area contributed by atoms with E-state index in [9.17, 15) is 4.79 Å². The second-order valence-corrected chi connectivity index (χ2v) is 11.6. The third-order valence-corrected chi connectivity index (χ3v) is 8.96. The normalized spacial score (nSPS) is 20.3. The number of piperidine rings is 1. The fourth-order valence-corrected chi connectivity index (χ4v) is 6.53. The highest BCUT2D eigenvalue weighted by Gasteiger charge is 2.35. The molecule has 8 heteroatoms. The summed E-state index contributed by atoms with van der Waals surface area (Å²) in [5, 5.41) is 3.11. The van der Waals surface area contributed by atoms with Gasteiger partial charge in [0.15, 0.2) is 0 Å². The Labute approximate surface area is 242 Å². The van der Waals surface area contributed by atoms with Gasteiger partial charge in [0, 0.05) is 75.1 Å². The predicted octanol–water partition coefficient (Wildman–Crippen LogP) is 5.24. The van der Waals surface area contributed by atoms with Crippen LogP contribution in [0.3, 0.4) is 0 Å². The Balaban J connectivity index is 1.22. The van der Waals surface area contributed by atoms with Crippen LogP contribution in [-0.4, -0.2) is 79.4 Å². The number of amides is 1. The van der Waals surface area contributed by atoms with Crippen LogP contribution < -0.4 is 15.0 Å². The Morgan fingerprint density at radius 2 is 1.77 bits per heavy atom. The van der Waals surface area contributed by atoms with Crippen molar-refractivity contribution in [2.45, 2.75) is 36.7 Å². The monoisotopic (exact) mass is 559 g/mol. The number of ether oxygens (including phenoxy) is 1. The minimum absolute atomic E-state index is 0.0958. The van der Waals surface area contributed by atoms with E-state index in [4.69, 9.17) is 4.74 Å². The van der Waals surface area contributed by atoms with Crippen molar-refractivity contribution < 1.29 is 9.53 Å². The van der Waals surface area contributed by atoms with Crippen LogP contribution in [-0.2, 0) is 11.3 Å². The molecule has 2 aromatic carbocycles. The minimum atomic E-state index is 0.0958. The molecule has 7 nitrogen and oxygen atoms in total. The molecule has 2 fully saturated rings. The number of anilines is 2. The van der Waals surface area contributed by atoms with Crippen molar-refractivity contribution in [2.75, 3.05) is 62.9 Å². The van der Waals surface area contributed by atoms with E-state index in [0.717, 1.165) is 75.8 Å². The predicted molar refractivity (Wildman–Crippen MR) is 164 cm³/mol. The standard InChI is InChI=1S/C32H41N5O2S/c1-39-31-9-4-3-8-30(31)37-21-19-36(20-22-37)29-16-18-35(24-27-7-5-6-17-33-27)23-25(29)10-15-32(38)34-26-11-13-28(40-2)14-12-26/h3-9,11-14,17,25,29H,10,15-16,18-24H2,1-2H3,(H,34,38)/t25-,29+/m0/s1. The first-order valence-electron chi connectivity index (χ1n) is 14.3. The molecule has 2 atom stereocenters. The highest BCUT2D eigenvalue weighted by molar-refractivity contribution is 7.98. The number of hydrogen-bond donors (Lipinski definition) is 1. The Hall–Kier alpha value is -3.07. The van der Waals surface area contributed by atoms with Crippen molar-refractivity contribution in [1.29, 1.82) is 0 Å². The third kappa shape index (κ3) is 7.36. The molecule has 0 saturated carbocycles. The average Bonchev–Trinajstić information content (AvgIpc) is 3.01. The lowest BCUT2D eigenvalue weighted by atomic mass is 9.86. The number of nitrogens with one attached hydrogen (secondary N) is 1. The summed E-state index contributed by atoms with van der Waals surface area (Å²) in [7, 11) is 1.74. The Bertz CT molecular complexity index is 1220. The van der Waals surface area contributed by atoms with Gasteiger partial charge in [-0.05, 0) is 73.5 Å². The quantitative estimate of drug-likeness (QED) is 0.341. The number of methoxy groups -OCH3 is 1. The molecule has 0 unspecified atom stereocenters. The van der Waals surface area contributed by atoms with E-state index in [1.165, 1.54) is 10.6 Å². The van der Waals surface area contributed by atoms with Crippen molar-refractivity contribution in [3.63, 3.8) is 0 Å². The van der Waals surface area contributed by atoms with Crippen molar-refractivity contribution in [2.24, 2.45) is 5.92 Å². The van der Waals surface area contributed by atoms with Crippen molar-refractivity contribution >= 4 is 29.0 Å². The zero-order valence-electron chi connectivity index (χ0n) is 23.7. The number of thioether (sulfide) groups is 1. The number of carbonyl (C=O) groups excluding carboxylic acids is 1. The zero-order chi connectivity index (χ0) is 27.7. The number of nitrogens with zero attached hydrogens (tertiary/aromatic N) is 4. The van der Waals surface area contributed by atoms with E-state index in [0.29, 0.717) is 18.4 Å². The fourth-order valence-electron chi connectivity index (χ4n) is 6.12. The van der Waals surface area contributed by atoms with Crippen LogP contribution in [0.15, 0.2) is 77.8 Å². The Kier molecular flexibility index (Phi) is 9.97. The van der Waals surface area contributed by atoms with Crippen LogP contribution in [0.1, 0.15) is 25.0 Å². The summed E-state index contributed by atoms with van der Waals surface area (Å²) in [6.07, 6.45) is 6.46. The summed E-state index contributed by atoms with van der Waals surface area (Å²) >= 11 is 1.70. The summed E-state index contributed by atoms with van der Waals surface area (Å²) in [6, 6.07) is 23.0. The van der Waals surface area contributed by atoms with Crippen LogP contribution in [0.4, 0.5) is 11.4 Å². The molecule has 0 spiro atoms. The van der Waals surface area contributed by atoms with Crippen LogP contribution in [0.2, 0.25) is 0 Å².